The molecule has 0 spiro atoms. The van der Waals surface area contributed by atoms with E-state index < -0.39 is 53.2 Å². The standard InChI is InChI=1S/C31H32F4N2O5/c1-5-22(16-20-6-10-23(11-7-20)31(33,34)35)25(17-21-8-12-24(32)13-9-21)19(3)42-30(40)18(2)37-29(39)27-28(38)26(41-4)14-15-36-27/h5-15,18-19,22,25,38H,1,16-17H2,2-4H3,(H,37,39)/t18-,19-,22+,25-/m0/s1. The monoisotopic (exact) mass is 588 g/mol. The molecule has 42 heavy (non-hydrogen) atoms. The Morgan fingerprint density at radius 1 is 1.02 bits per heavy atom. The highest BCUT2D eigenvalue weighted by molar-refractivity contribution is 5.97. The maximum absolute atomic E-state index is 13.5. The normalized spacial score (nSPS) is 14.3. The molecule has 0 saturated carbocycles. The van der Waals surface area contributed by atoms with E-state index in [0.717, 1.165) is 17.7 Å². The molecule has 3 rings (SSSR count). The molecule has 0 aliphatic carbocycles. The van der Waals surface area contributed by atoms with Crippen molar-refractivity contribution in [3.8, 4) is 11.5 Å². The molecule has 7 nitrogen and oxygen atoms in total. The van der Waals surface area contributed by atoms with Crippen LogP contribution in [0.15, 0.2) is 73.4 Å². The molecule has 2 N–H and O–H groups in total. The molecule has 0 radical (unpaired) electrons. The van der Waals surface area contributed by atoms with E-state index in [9.17, 15) is 32.3 Å². The van der Waals surface area contributed by atoms with Gasteiger partial charge >= 0.3 is 12.1 Å². The van der Waals surface area contributed by atoms with Crippen LogP contribution in [0.5, 0.6) is 11.5 Å². The van der Waals surface area contributed by atoms with Crippen molar-refractivity contribution in [3.05, 3.63) is 102 Å². The fourth-order valence-electron chi connectivity index (χ4n) is 4.53. The molecule has 0 bridgehead atoms. The van der Waals surface area contributed by atoms with E-state index in [-0.39, 0.29) is 17.4 Å². The molecule has 224 valence electrons. The molecule has 0 aliphatic heterocycles. The summed E-state index contributed by atoms with van der Waals surface area (Å²) in [5.41, 5.74) is 0.283. The maximum atomic E-state index is 13.5. The molecule has 0 fully saturated rings. The summed E-state index contributed by atoms with van der Waals surface area (Å²) in [4.78, 5) is 29.5. The van der Waals surface area contributed by atoms with Gasteiger partial charge < -0.3 is 19.9 Å². The van der Waals surface area contributed by atoms with E-state index in [1.807, 2.05) is 0 Å². The number of aromatic nitrogens is 1. The van der Waals surface area contributed by atoms with Crippen molar-refractivity contribution in [2.24, 2.45) is 11.8 Å². The van der Waals surface area contributed by atoms with Gasteiger partial charge in [0.05, 0.1) is 12.7 Å². The quantitative estimate of drug-likeness (QED) is 0.155. The second-order valence-electron chi connectivity index (χ2n) is 9.84. The number of benzene rings is 2. The lowest BCUT2D eigenvalue weighted by atomic mass is 9.79. The number of ether oxygens (including phenoxy) is 2. The van der Waals surface area contributed by atoms with Crippen LogP contribution in [0.4, 0.5) is 17.6 Å². The lowest BCUT2D eigenvalue weighted by molar-refractivity contribution is -0.153. The second-order valence-corrected chi connectivity index (χ2v) is 9.84. The van der Waals surface area contributed by atoms with Crippen molar-refractivity contribution in [2.45, 2.75) is 45.0 Å². The Kier molecular flexibility index (Phi) is 10.7. The summed E-state index contributed by atoms with van der Waals surface area (Å²) in [5, 5.41) is 12.6. The predicted octanol–water partition coefficient (Wildman–Crippen LogP) is 5.91. The second kappa shape index (κ2) is 14.0. The van der Waals surface area contributed by atoms with Gasteiger partial charge in [-0.1, -0.05) is 30.3 Å². The molecular weight excluding hydrogens is 556 g/mol. The van der Waals surface area contributed by atoms with Gasteiger partial charge in [-0.25, -0.2) is 14.2 Å². The van der Waals surface area contributed by atoms with Crippen molar-refractivity contribution in [1.82, 2.24) is 10.3 Å². The van der Waals surface area contributed by atoms with E-state index in [4.69, 9.17) is 9.47 Å². The first kappa shape index (κ1) is 32.1. The Labute approximate surface area is 241 Å². The van der Waals surface area contributed by atoms with Gasteiger partial charge in [-0.15, -0.1) is 6.58 Å². The Balaban J connectivity index is 1.78. The molecular formula is C31H32F4N2O5. The van der Waals surface area contributed by atoms with Crippen LogP contribution in [0, 0.1) is 17.7 Å². The molecule has 1 amide bonds. The van der Waals surface area contributed by atoms with Gasteiger partial charge in [0.2, 0.25) is 0 Å². The van der Waals surface area contributed by atoms with Crippen molar-refractivity contribution in [1.29, 1.82) is 0 Å². The minimum Gasteiger partial charge on any atom is -0.503 e. The Hall–Kier alpha value is -4.41. The van der Waals surface area contributed by atoms with E-state index in [2.05, 4.69) is 16.9 Å². The first-order valence-corrected chi connectivity index (χ1v) is 13.1. The van der Waals surface area contributed by atoms with E-state index in [1.54, 1.807) is 25.1 Å². The van der Waals surface area contributed by atoms with Gasteiger partial charge in [0, 0.05) is 18.2 Å². The molecule has 2 aromatic carbocycles. The Morgan fingerprint density at radius 3 is 2.19 bits per heavy atom. The molecule has 1 aromatic heterocycles. The van der Waals surface area contributed by atoms with Crippen LogP contribution in [-0.2, 0) is 28.5 Å². The molecule has 0 unspecified atom stereocenters. The van der Waals surface area contributed by atoms with Crippen LogP contribution in [0.3, 0.4) is 0 Å². The summed E-state index contributed by atoms with van der Waals surface area (Å²) in [5.74, 6) is -3.21. The number of esters is 1. The van der Waals surface area contributed by atoms with Crippen LogP contribution >= 0.6 is 0 Å². The first-order chi connectivity index (χ1) is 19.8. The highest BCUT2D eigenvalue weighted by atomic mass is 19.4. The number of pyridine rings is 1. The summed E-state index contributed by atoms with van der Waals surface area (Å²) in [6.07, 6.45) is -1.64. The smallest absolute Gasteiger partial charge is 0.416 e. The zero-order valence-electron chi connectivity index (χ0n) is 23.3. The zero-order valence-corrected chi connectivity index (χ0v) is 23.3. The number of aromatic hydroxyl groups is 1. The largest absolute Gasteiger partial charge is 0.503 e. The van der Waals surface area contributed by atoms with Gasteiger partial charge in [0.15, 0.2) is 17.2 Å². The number of carbonyl (C=O) groups is 2. The van der Waals surface area contributed by atoms with Crippen LogP contribution in [-0.4, -0.2) is 41.2 Å². The summed E-state index contributed by atoms with van der Waals surface area (Å²) in [6, 6.07) is 10.9. The number of halogens is 4. The van der Waals surface area contributed by atoms with Gasteiger partial charge in [-0.3, -0.25) is 4.79 Å². The summed E-state index contributed by atoms with van der Waals surface area (Å²) >= 11 is 0. The average Bonchev–Trinajstić information content (AvgIpc) is 2.95. The molecule has 0 saturated heterocycles. The third-order valence-corrected chi connectivity index (χ3v) is 6.92. The van der Waals surface area contributed by atoms with Crippen LogP contribution in [0.1, 0.15) is 41.0 Å². The topological polar surface area (TPSA) is 97.8 Å². The fourth-order valence-corrected chi connectivity index (χ4v) is 4.53. The highest BCUT2D eigenvalue weighted by Crippen LogP contribution is 2.32. The number of hydrogen-bond donors (Lipinski definition) is 2. The van der Waals surface area contributed by atoms with Crippen LogP contribution in [0.2, 0.25) is 0 Å². The fraction of sp³-hybridized carbons (Fsp3) is 0.323. The summed E-state index contributed by atoms with van der Waals surface area (Å²) < 4.78 is 63.3. The molecule has 0 aliphatic rings. The van der Waals surface area contributed by atoms with Crippen molar-refractivity contribution in [3.63, 3.8) is 0 Å². The van der Waals surface area contributed by atoms with Gasteiger partial charge in [0.25, 0.3) is 5.91 Å². The lowest BCUT2D eigenvalue weighted by Crippen LogP contribution is -2.42. The van der Waals surface area contributed by atoms with Crippen molar-refractivity contribution < 1.29 is 41.7 Å². The number of methoxy groups -OCH3 is 1. The van der Waals surface area contributed by atoms with Crippen molar-refractivity contribution in [2.75, 3.05) is 7.11 Å². The van der Waals surface area contributed by atoms with Crippen LogP contribution in [0.25, 0.3) is 0 Å². The van der Waals surface area contributed by atoms with Gasteiger partial charge in [0.1, 0.15) is 18.0 Å². The summed E-state index contributed by atoms with van der Waals surface area (Å²) in [6.45, 7) is 6.98. The third-order valence-electron chi connectivity index (χ3n) is 6.92. The molecule has 4 atom stereocenters. The number of amides is 1. The lowest BCUT2D eigenvalue weighted by Gasteiger charge is -2.31. The first-order valence-electron chi connectivity index (χ1n) is 13.1. The van der Waals surface area contributed by atoms with Gasteiger partial charge in [-0.05, 0) is 68.0 Å². The molecule has 3 aromatic rings. The number of nitrogens with one attached hydrogen (secondary N) is 1. The number of allylic oxidation sites excluding steroid dienone is 1. The molecule has 1 heterocycles. The summed E-state index contributed by atoms with van der Waals surface area (Å²) in [7, 11) is 1.31. The minimum absolute atomic E-state index is 0.0335. The van der Waals surface area contributed by atoms with E-state index in [1.165, 1.54) is 50.6 Å². The Morgan fingerprint density at radius 2 is 1.62 bits per heavy atom. The van der Waals surface area contributed by atoms with Crippen LogP contribution < -0.4 is 10.1 Å². The van der Waals surface area contributed by atoms with E-state index in [0.29, 0.717) is 18.4 Å². The van der Waals surface area contributed by atoms with E-state index >= 15 is 0 Å². The predicted molar refractivity (Wildman–Crippen MR) is 147 cm³/mol. The molecule has 11 heteroatoms. The zero-order chi connectivity index (χ0) is 31.0. The number of alkyl halides is 3. The Bertz CT molecular complexity index is 1380. The number of carbonyl (C=O) groups excluding carboxylic acids is 2. The number of nitrogens with zero attached hydrogens (tertiary/aromatic N) is 1. The van der Waals surface area contributed by atoms with Gasteiger partial charge in [-0.2, -0.15) is 13.2 Å². The van der Waals surface area contributed by atoms with Crippen molar-refractivity contribution >= 4 is 11.9 Å². The third kappa shape index (κ3) is 8.31. The maximum Gasteiger partial charge on any atom is 0.416 e. The average molecular weight is 589 g/mol. The number of rotatable bonds is 12. The highest BCUT2D eigenvalue weighted by Gasteiger charge is 2.32. The SMILES string of the molecule is C=C[C@H](Cc1ccc(C(F)(F)F)cc1)[C@@H](Cc1ccc(F)cc1)[C@H](C)OC(=O)[C@H](C)NC(=O)c1nccc(OC)c1O. The number of hydrogen-bond acceptors (Lipinski definition) is 6. The minimum atomic E-state index is -4.46.